The van der Waals surface area contributed by atoms with Gasteiger partial charge in [0.15, 0.2) is 0 Å². The monoisotopic (exact) mass is 464 g/mol. The van der Waals surface area contributed by atoms with Gasteiger partial charge in [-0.05, 0) is 42.3 Å². The van der Waals surface area contributed by atoms with Crippen LogP contribution in [0.3, 0.4) is 0 Å². The summed E-state index contributed by atoms with van der Waals surface area (Å²) in [5.41, 5.74) is 11.9. The predicted molar refractivity (Wildman–Crippen MR) is 132 cm³/mol. The highest BCUT2D eigenvalue weighted by atomic mass is 16.5. The highest BCUT2D eigenvalue weighted by Gasteiger charge is 2.35. The van der Waals surface area contributed by atoms with Crippen LogP contribution in [0.4, 0.5) is 0 Å². The lowest BCUT2D eigenvalue weighted by Gasteiger charge is -2.24. The quantitative estimate of drug-likeness (QED) is 0.407. The fourth-order valence-electron chi connectivity index (χ4n) is 4.21. The summed E-state index contributed by atoms with van der Waals surface area (Å²) < 4.78 is 17.2. The minimum atomic E-state index is -0.480. The number of hydrogen-bond acceptors (Lipinski definition) is 6. The second kappa shape index (κ2) is 9.27. The van der Waals surface area contributed by atoms with Crippen LogP contribution >= 0.6 is 0 Å². The van der Waals surface area contributed by atoms with Crippen LogP contribution in [0.2, 0.25) is 0 Å². The van der Waals surface area contributed by atoms with E-state index in [0.29, 0.717) is 29.6 Å². The van der Waals surface area contributed by atoms with Crippen molar-refractivity contribution in [2.24, 2.45) is 5.73 Å². The van der Waals surface area contributed by atoms with Gasteiger partial charge in [0.2, 0.25) is 11.8 Å². The predicted octanol–water partition coefficient (Wildman–Crippen LogP) is 5.19. The number of ether oxygens (including phenoxy) is 3. The number of allylic oxidation sites excluding steroid dienone is 1. The van der Waals surface area contributed by atoms with Crippen LogP contribution in [0, 0.1) is 18.3 Å². The van der Waals surface area contributed by atoms with Gasteiger partial charge in [-0.15, -0.1) is 5.10 Å². The van der Waals surface area contributed by atoms with Gasteiger partial charge in [-0.1, -0.05) is 54.1 Å². The van der Waals surface area contributed by atoms with E-state index in [4.69, 9.17) is 19.9 Å². The summed E-state index contributed by atoms with van der Waals surface area (Å²) in [7, 11) is 1.62. The van der Waals surface area contributed by atoms with Crippen LogP contribution in [0.1, 0.15) is 28.2 Å². The Kier molecular flexibility index (Phi) is 5.86. The number of methoxy groups -OCH3 is 1. The number of fused-ring (bicyclic) bond motifs is 1. The molecule has 35 heavy (non-hydrogen) atoms. The van der Waals surface area contributed by atoms with Crippen LogP contribution in [-0.2, 0) is 6.61 Å². The van der Waals surface area contributed by atoms with Crippen LogP contribution in [0.15, 0.2) is 84.3 Å². The van der Waals surface area contributed by atoms with Crippen LogP contribution in [0.5, 0.6) is 17.4 Å². The van der Waals surface area contributed by atoms with E-state index >= 15 is 0 Å². The molecule has 0 saturated heterocycles. The van der Waals surface area contributed by atoms with Crippen LogP contribution in [0.25, 0.3) is 11.3 Å². The Hall–Kier alpha value is -4.70. The van der Waals surface area contributed by atoms with Crippen molar-refractivity contribution in [2.45, 2.75) is 19.4 Å². The molecule has 0 amide bonds. The molecule has 0 radical (unpaired) electrons. The van der Waals surface area contributed by atoms with Gasteiger partial charge in [-0.25, -0.2) is 0 Å². The second-order valence-corrected chi connectivity index (χ2v) is 8.32. The highest BCUT2D eigenvalue weighted by Crippen LogP contribution is 2.46. The third-order valence-electron chi connectivity index (χ3n) is 6.01. The molecule has 2 heterocycles. The average Bonchev–Trinajstić information content (AvgIpc) is 3.31. The maximum absolute atomic E-state index is 9.99. The number of aromatic amines is 1. The Balaban J connectivity index is 1.54. The van der Waals surface area contributed by atoms with Gasteiger partial charge < -0.3 is 19.9 Å². The van der Waals surface area contributed by atoms with Gasteiger partial charge in [-0.3, -0.25) is 5.10 Å². The van der Waals surface area contributed by atoms with Crippen molar-refractivity contribution in [2.75, 3.05) is 7.11 Å². The van der Waals surface area contributed by atoms with Gasteiger partial charge in [0.25, 0.3) is 0 Å². The van der Waals surface area contributed by atoms with Gasteiger partial charge in [-0.2, -0.15) is 5.26 Å². The SMILES string of the molecule is COc1cccc(-c2[nH]nc3c2[C@@H](c2cccc(OCc4ccc(C)cc4)c2)C(C#N)=C(N)O3)c1. The summed E-state index contributed by atoms with van der Waals surface area (Å²) in [6.45, 7) is 2.49. The molecule has 1 aliphatic rings. The first-order chi connectivity index (χ1) is 17.1. The molecule has 7 nitrogen and oxygen atoms in total. The zero-order valence-electron chi connectivity index (χ0n) is 19.4. The molecule has 4 aromatic rings. The Bertz CT molecular complexity index is 1450. The van der Waals surface area contributed by atoms with Crippen molar-refractivity contribution in [3.63, 3.8) is 0 Å². The topological polar surface area (TPSA) is 106 Å². The Labute approximate surface area is 203 Å². The third-order valence-corrected chi connectivity index (χ3v) is 6.01. The number of aryl methyl sites for hydroxylation is 1. The van der Waals surface area contributed by atoms with E-state index in [2.05, 4.69) is 35.3 Å². The zero-order valence-corrected chi connectivity index (χ0v) is 19.4. The van der Waals surface area contributed by atoms with Gasteiger partial charge in [0.1, 0.15) is 29.7 Å². The maximum atomic E-state index is 9.99. The van der Waals surface area contributed by atoms with E-state index in [1.807, 2.05) is 60.7 Å². The molecule has 5 rings (SSSR count). The van der Waals surface area contributed by atoms with Crippen molar-refractivity contribution < 1.29 is 14.2 Å². The smallest absolute Gasteiger partial charge is 0.244 e. The number of benzene rings is 3. The van der Waals surface area contributed by atoms with E-state index in [1.54, 1.807) is 7.11 Å². The van der Waals surface area contributed by atoms with Gasteiger partial charge in [0.05, 0.1) is 24.3 Å². The molecule has 1 atom stereocenters. The van der Waals surface area contributed by atoms with E-state index in [9.17, 15) is 5.26 Å². The first-order valence-electron chi connectivity index (χ1n) is 11.2. The van der Waals surface area contributed by atoms with E-state index in [1.165, 1.54) is 5.56 Å². The van der Waals surface area contributed by atoms with Crippen molar-refractivity contribution in [3.05, 3.63) is 107 Å². The molecule has 0 bridgehead atoms. The molecule has 0 spiro atoms. The molecule has 0 saturated carbocycles. The number of nitrogens with zero attached hydrogens (tertiary/aromatic N) is 2. The summed E-state index contributed by atoms with van der Waals surface area (Å²) >= 11 is 0. The molecule has 0 fully saturated rings. The maximum Gasteiger partial charge on any atom is 0.244 e. The van der Waals surface area contributed by atoms with E-state index in [-0.39, 0.29) is 5.88 Å². The molecule has 3 N–H and O–H groups in total. The van der Waals surface area contributed by atoms with Crippen LogP contribution in [-0.4, -0.2) is 17.3 Å². The third kappa shape index (κ3) is 4.30. The van der Waals surface area contributed by atoms with Crippen LogP contribution < -0.4 is 19.9 Å². The highest BCUT2D eigenvalue weighted by molar-refractivity contribution is 5.72. The summed E-state index contributed by atoms with van der Waals surface area (Å²) in [4.78, 5) is 0. The van der Waals surface area contributed by atoms with E-state index < -0.39 is 5.92 Å². The summed E-state index contributed by atoms with van der Waals surface area (Å²) in [6.07, 6.45) is 0. The number of H-pyrrole nitrogens is 1. The molecule has 3 aromatic carbocycles. The number of hydrogen-bond donors (Lipinski definition) is 2. The Morgan fingerprint density at radius 2 is 1.83 bits per heavy atom. The summed E-state index contributed by atoms with van der Waals surface area (Å²) in [5.74, 6) is 1.31. The largest absolute Gasteiger partial charge is 0.497 e. The fraction of sp³-hybridized carbons (Fsp3) is 0.143. The molecule has 1 aliphatic heterocycles. The van der Waals surface area contributed by atoms with Crippen molar-refractivity contribution in [3.8, 4) is 34.7 Å². The minimum Gasteiger partial charge on any atom is -0.497 e. The van der Waals surface area contributed by atoms with Gasteiger partial charge in [0, 0.05) is 5.56 Å². The first kappa shape index (κ1) is 22.1. The molecule has 1 aromatic heterocycles. The van der Waals surface area contributed by atoms with Gasteiger partial charge >= 0.3 is 0 Å². The lowest BCUT2D eigenvalue weighted by atomic mass is 9.83. The normalized spacial score (nSPS) is 14.6. The minimum absolute atomic E-state index is 0.0414. The Morgan fingerprint density at radius 3 is 2.60 bits per heavy atom. The first-order valence-corrected chi connectivity index (χ1v) is 11.2. The fourth-order valence-corrected chi connectivity index (χ4v) is 4.21. The number of nitrogens with one attached hydrogen (secondary N) is 1. The van der Waals surface area contributed by atoms with Crippen molar-refractivity contribution in [1.29, 1.82) is 5.26 Å². The number of aromatic nitrogens is 2. The lowest BCUT2D eigenvalue weighted by molar-refractivity contribution is 0.305. The molecular weight excluding hydrogens is 440 g/mol. The summed E-state index contributed by atoms with van der Waals surface area (Å²) in [6, 6.07) is 25.8. The van der Waals surface area contributed by atoms with Crippen molar-refractivity contribution in [1.82, 2.24) is 10.2 Å². The molecular formula is C28H24N4O3. The molecule has 7 heteroatoms. The zero-order chi connectivity index (χ0) is 24.4. The lowest BCUT2D eigenvalue weighted by Crippen LogP contribution is -2.21. The molecule has 0 unspecified atom stereocenters. The molecule has 174 valence electrons. The summed E-state index contributed by atoms with van der Waals surface area (Å²) in [5, 5.41) is 17.4. The standard InChI is InChI=1S/C28H24N4O3/c1-17-9-11-18(12-10-17)16-34-22-8-3-5-19(13-22)24-23(15-29)27(30)35-28-25(24)26(31-32-28)20-6-4-7-21(14-20)33-2/h3-14,24H,16,30H2,1-2H3,(H,31,32)/t24-/m0/s1. The molecule has 0 aliphatic carbocycles. The number of nitriles is 1. The average molecular weight is 465 g/mol. The van der Waals surface area contributed by atoms with Crippen molar-refractivity contribution >= 4 is 0 Å². The Morgan fingerprint density at radius 1 is 1.06 bits per heavy atom. The second-order valence-electron chi connectivity index (χ2n) is 8.32. The number of nitrogens with two attached hydrogens (primary N) is 1. The number of rotatable bonds is 6. The van der Waals surface area contributed by atoms with E-state index in [0.717, 1.165) is 27.9 Å².